The van der Waals surface area contributed by atoms with Crippen molar-refractivity contribution in [1.82, 2.24) is 4.90 Å². The van der Waals surface area contributed by atoms with Crippen LogP contribution in [0.3, 0.4) is 0 Å². The largest absolute Gasteiger partial charge is 0.467 e. The molecular formula is C20H20N2O3S. The molecular weight excluding hydrogens is 348 g/mol. The molecule has 0 aliphatic heterocycles. The van der Waals surface area contributed by atoms with Crippen molar-refractivity contribution in [2.75, 3.05) is 5.32 Å². The first-order valence-corrected chi connectivity index (χ1v) is 9.07. The van der Waals surface area contributed by atoms with E-state index in [0.717, 1.165) is 10.6 Å². The van der Waals surface area contributed by atoms with Gasteiger partial charge in [0.1, 0.15) is 5.76 Å². The maximum absolute atomic E-state index is 13.1. The molecule has 0 saturated carbocycles. The van der Waals surface area contributed by atoms with E-state index in [9.17, 15) is 9.59 Å². The van der Waals surface area contributed by atoms with Crippen LogP contribution in [0.2, 0.25) is 0 Å². The van der Waals surface area contributed by atoms with Gasteiger partial charge in [0, 0.05) is 27.9 Å². The second-order valence-corrected chi connectivity index (χ2v) is 7.39. The Morgan fingerprint density at radius 3 is 2.62 bits per heavy atom. The number of carbonyl (C=O) groups is 2. The minimum absolute atomic E-state index is 0.111. The molecule has 0 aliphatic carbocycles. The first kappa shape index (κ1) is 17.9. The summed E-state index contributed by atoms with van der Waals surface area (Å²) in [6.07, 6.45) is 1.60. The number of amides is 2. The molecule has 2 aromatic heterocycles. The maximum Gasteiger partial charge on any atom is 0.254 e. The van der Waals surface area contributed by atoms with Gasteiger partial charge in [0.05, 0.1) is 19.4 Å². The Kier molecular flexibility index (Phi) is 5.53. The molecule has 134 valence electrons. The fourth-order valence-electron chi connectivity index (χ4n) is 2.66. The van der Waals surface area contributed by atoms with Crippen molar-refractivity contribution in [3.8, 4) is 0 Å². The standard InChI is InChI=1S/C20H20N2O3S/c1-14-8-9-19(26-14)13-22(12-18-7-4-10-25-18)20(24)16-5-3-6-17(11-16)21-15(2)23/h3-11H,12-13H2,1-2H3,(H,21,23). The molecule has 0 fully saturated rings. The van der Waals surface area contributed by atoms with Gasteiger partial charge in [-0.3, -0.25) is 9.59 Å². The Bertz CT molecular complexity index is 899. The number of aryl methyl sites for hydroxylation is 1. The van der Waals surface area contributed by atoms with Crippen LogP contribution in [-0.2, 0) is 17.9 Å². The summed E-state index contributed by atoms with van der Waals surface area (Å²) in [5.41, 5.74) is 1.13. The van der Waals surface area contributed by atoms with Gasteiger partial charge in [0.15, 0.2) is 0 Å². The van der Waals surface area contributed by atoms with Crippen LogP contribution >= 0.6 is 11.3 Å². The van der Waals surface area contributed by atoms with Gasteiger partial charge < -0.3 is 14.6 Å². The van der Waals surface area contributed by atoms with Crippen molar-refractivity contribution in [2.45, 2.75) is 26.9 Å². The van der Waals surface area contributed by atoms with E-state index in [4.69, 9.17) is 4.42 Å². The monoisotopic (exact) mass is 368 g/mol. The van der Waals surface area contributed by atoms with Gasteiger partial charge in [-0.1, -0.05) is 6.07 Å². The third-order valence-electron chi connectivity index (χ3n) is 3.79. The fourth-order valence-corrected chi connectivity index (χ4v) is 3.57. The van der Waals surface area contributed by atoms with Gasteiger partial charge in [0.2, 0.25) is 5.91 Å². The van der Waals surface area contributed by atoms with Crippen molar-refractivity contribution in [3.63, 3.8) is 0 Å². The number of hydrogen-bond acceptors (Lipinski definition) is 4. The Balaban J connectivity index is 1.85. The van der Waals surface area contributed by atoms with Crippen molar-refractivity contribution >= 4 is 28.8 Å². The van der Waals surface area contributed by atoms with Gasteiger partial charge in [-0.2, -0.15) is 0 Å². The first-order chi connectivity index (χ1) is 12.5. The van der Waals surface area contributed by atoms with Crippen LogP contribution in [0.1, 0.15) is 32.8 Å². The average Bonchev–Trinajstić information content (AvgIpc) is 3.25. The molecule has 26 heavy (non-hydrogen) atoms. The number of thiophene rings is 1. The van der Waals surface area contributed by atoms with Crippen molar-refractivity contribution in [3.05, 3.63) is 75.9 Å². The summed E-state index contributed by atoms with van der Waals surface area (Å²) in [6.45, 7) is 4.37. The number of nitrogens with one attached hydrogen (secondary N) is 1. The SMILES string of the molecule is CC(=O)Nc1cccc(C(=O)N(Cc2ccco2)Cc2ccc(C)s2)c1. The molecule has 5 nitrogen and oxygen atoms in total. The topological polar surface area (TPSA) is 62.6 Å². The maximum atomic E-state index is 13.1. The summed E-state index contributed by atoms with van der Waals surface area (Å²) in [7, 11) is 0. The van der Waals surface area contributed by atoms with Crippen LogP contribution in [-0.4, -0.2) is 16.7 Å². The number of nitrogens with zero attached hydrogens (tertiary/aromatic N) is 1. The molecule has 0 saturated heterocycles. The van der Waals surface area contributed by atoms with Crippen molar-refractivity contribution in [2.24, 2.45) is 0 Å². The molecule has 0 spiro atoms. The average molecular weight is 368 g/mol. The molecule has 0 aliphatic rings. The lowest BCUT2D eigenvalue weighted by Gasteiger charge is -2.21. The molecule has 6 heteroatoms. The summed E-state index contributed by atoms with van der Waals surface area (Å²) in [4.78, 5) is 28.4. The lowest BCUT2D eigenvalue weighted by Crippen LogP contribution is -2.29. The van der Waals surface area contributed by atoms with Gasteiger partial charge in [-0.05, 0) is 49.4 Å². The van der Waals surface area contributed by atoms with Crippen LogP contribution < -0.4 is 5.32 Å². The van der Waals surface area contributed by atoms with Gasteiger partial charge in [-0.15, -0.1) is 11.3 Å². The highest BCUT2D eigenvalue weighted by Crippen LogP contribution is 2.21. The molecule has 3 aromatic rings. The molecule has 2 amide bonds. The zero-order valence-electron chi connectivity index (χ0n) is 14.7. The third-order valence-corrected chi connectivity index (χ3v) is 4.77. The van der Waals surface area contributed by atoms with E-state index in [1.165, 1.54) is 11.8 Å². The Morgan fingerprint density at radius 2 is 1.96 bits per heavy atom. The van der Waals surface area contributed by atoms with E-state index in [1.54, 1.807) is 46.8 Å². The van der Waals surface area contributed by atoms with Gasteiger partial charge >= 0.3 is 0 Å². The van der Waals surface area contributed by atoms with Crippen molar-refractivity contribution in [1.29, 1.82) is 0 Å². The summed E-state index contributed by atoms with van der Waals surface area (Å²) < 4.78 is 5.42. The molecule has 2 heterocycles. The predicted molar refractivity (Wildman–Crippen MR) is 102 cm³/mol. The van der Waals surface area contributed by atoms with Crippen LogP contribution in [0, 0.1) is 6.92 Å². The number of carbonyl (C=O) groups excluding carboxylic acids is 2. The summed E-state index contributed by atoms with van der Waals surface area (Å²) in [6, 6.07) is 14.7. The number of furan rings is 1. The Morgan fingerprint density at radius 1 is 1.12 bits per heavy atom. The summed E-state index contributed by atoms with van der Waals surface area (Å²) in [5, 5.41) is 2.71. The third kappa shape index (κ3) is 4.61. The first-order valence-electron chi connectivity index (χ1n) is 8.26. The molecule has 0 radical (unpaired) electrons. The molecule has 0 atom stereocenters. The molecule has 3 rings (SSSR count). The second kappa shape index (κ2) is 8.01. The van der Waals surface area contributed by atoms with Crippen LogP contribution in [0.4, 0.5) is 5.69 Å². The van der Waals surface area contributed by atoms with Crippen LogP contribution in [0.15, 0.2) is 59.2 Å². The number of benzene rings is 1. The predicted octanol–water partition coefficient (Wildman–Crippen LogP) is 4.45. The molecule has 1 aromatic carbocycles. The van der Waals surface area contributed by atoms with E-state index in [-0.39, 0.29) is 11.8 Å². The van der Waals surface area contributed by atoms with E-state index < -0.39 is 0 Å². The van der Waals surface area contributed by atoms with E-state index in [0.29, 0.717) is 24.3 Å². The van der Waals surface area contributed by atoms with Gasteiger partial charge in [0.25, 0.3) is 5.91 Å². The molecule has 1 N–H and O–H groups in total. The fraction of sp³-hybridized carbons (Fsp3) is 0.200. The summed E-state index contributed by atoms with van der Waals surface area (Å²) in [5.74, 6) is 0.445. The lowest BCUT2D eigenvalue weighted by atomic mass is 10.1. The summed E-state index contributed by atoms with van der Waals surface area (Å²) >= 11 is 1.67. The van der Waals surface area contributed by atoms with Crippen LogP contribution in [0.5, 0.6) is 0 Å². The normalized spacial score (nSPS) is 10.5. The zero-order chi connectivity index (χ0) is 18.5. The minimum Gasteiger partial charge on any atom is -0.467 e. The van der Waals surface area contributed by atoms with E-state index >= 15 is 0 Å². The highest BCUT2D eigenvalue weighted by Gasteiger charge is 2.19. The Hall–Kier alpha value is -2.86. The van der Waals surface area contributed by atoms with E-state index in [2.05, 4.69) is 5.32 Å². The van der Waals surface area contributed by atoms with E-state index in [1.807, 2.05) is 31.2 Å². The highest BCUT2D eigenvalue weighted by molar-refractivity contribution is 7.11. The second-order valence-electron chi connectivity index (χ2n) is 6.01. The Labute approximate surface area is 156 Å². The molecule has 0 bridgehead atoms. The van der Waals surface area contributed by atoms with Crippen LogP contribution in [0.25, 0.3) is 0 Å². The highest BCUT2D eigenvalue weighted by atomic mass is 32.1. The van der Waals surface area contributed by atoms with Crippen molar-refractivity contribution < 1.29 is 14.0 Å². The quantitative estimate of drug-likeness (QED) is 0.699. The zero-order valence-corrected chi connectivity index (χ0v) is 15.5. The molecule has 0 unspecified atom stereocenters. The van der Waals surface area contributed by atoms with Gasteiger partial charge in [-0.25, -0.2) is 0 Å². The number of anilines is 1. The number of hydrogen-bond donors (Lipinski definition) is 1. The lowest BCUT2D eigenvalue weighted by molar-refractivity contribution is -0.114. The minimum atomic E-state index is -0.170. The number of rotatable bonds is 6. The smallest absolute Gasteiger partial charge is 0.254 e.